The molecule has 1 aromatic carbocycles. The van der Waals surface area contributed by atoms with Gasteiger partial charge >= 0.3 is 5.97 Å². The van der Waals surface area contributed by atoms with Gasteiger partial charge in [0.25, 0.3) is 0 Å². The van der Waals surface area contributed by atoms with Crippen LogP contribution in [0.2, 0.25) is 0 Å². The van der Waals surface area contributed by atoms with Gasteiger partial charge in [-0.15, -0.1) is 0 Å². The number of carboxylic acids is 1. The highest BCUT2D eigenvalue weighted by atomic mass is 16.4. The summed E-state index contributed by atoms with van der Waals surface area (Å²) in [6.07, 6.45) is 1.63. The van der Waals surface area contributed by atoms with Crippen molar-refractivity contribution in [2.45, 2.75) is 12.5 Å². The zero-order chi connectivity index (χ0) is 10.8. The zero-order valence-electron chi connectivity index (χ0n) is 7.84. The second kappa shape index (κ2) is 3.54. The first-order valence-electron chi connectivity index (χ1n) is 4.49. The summed E-state index contributed by atoms with van der Waals surface area (Å²) >= 11 is 0. The highest BCUT2D eigenvalue weighted by Gasteiger charge is 2.21. The van der Waals surface area contributed by atoms with Crippen molar-refractivity contribution < 1.29 is 9.90 Å². The molecule has 2 rings (SSSR count). The first kappa shape index (κ1) is 9.41. The summed E-state index contributed by atoms with van der Waals surface area (Å²) in [6.45, 7) is 0. The predicted octanol–water partition coefficient (Wildman–Crippen LogP) is 1.51. The van der Waals surface area contributed by atoms with Crippen LogP contribution >= 0.6 is 0 Å². The van der Waals surface area contributed by atoms with Gasteiger partial charge in [-0.2, -0.15) is 5.26 Å². The van der Waals surface area contributed by atoms with Crippen molar-refractivity contribution in [3.8, 4) is 6.07 Å². The van der Waals surface area contributed by atoms with Crippen LogP contribution in [0.4, 0.5) is 0 Å². The first-order valence-corrected chi connectivity index (χ1v) is 4.49. The Balaban J connectivity index is 2.36. The Morgan fingerprint density at radius 3 is 3.07 bits per heavy atom. The van der Waals surface area contributed by atoms with E-state index in [9.17, 15) is 4.79 Å². The number of benzene rings is 1. The van der Waals surface area contributed by atoms with E-state index >= 15 is 0 Å². The van der Waals surface area contributed by atoms with Gasteiger partial charge in [0.05, 0.1) is 24.1 Å². The van der Waals surface area contributed by atoms with Crippen LogP contribution in [0.25, 0.3) is 0 Å². The number of hydrogen-bond donors (Lipinski definition) is 1. The number of carbonyl (C=O) groups is 1. The lowest BCUT2D eigenvalue weighted by Crippen LogP contribution is -2.02. The Morgan fingerprint density at radius 2 is 2.40 bits per heavy atom. The Labute approximate surface area is 86.5 Å². The van der Waals surface area contributed by atoms with E-state index in [1.165, 1.54) is 0 Å². The normalized spacial score (nSPS) is 17.1. The lowest BCUT2D eigenvalue weighted by molar-refractivity contribution is -0.137. The Kier molecular flexibility index (Phi) is 2.22. The molecule has 0 spiro atoms. The molecule has 0 aliphatic carbocycles. The summed E-state index contributed by atoms with van der Waals surface area (Å²) in [6, 6.07) is 6.88. The minimum Gasteiger partial charge on any atom is -0.481 e. The Hall–Kier alpha value is -2.15. The average Bonchev–Trinajstić information content (AvgIpc) is 2.60. The number of hydrogen-bond acceptors (Lipinski definition) is 3. The molecule has 1 unspecified atom stereocenters. The van der Waals surface area contributed by atoms with Gasteiger partial charge in [-0.25, -0.2) is 0 Å². The molecule has 1 aliphatic rings. The molecular weight excluding hydrogens is 192 g/mol. The van der Waals surface area contributed by atoms with Crippen LogP contribution in [0.3, 0.4) is 0 Å². The number of rotatable bonds is 2. The summed E-state index contributed by atoms with van der Waals surface area (Å²) in [5, 5.41) is 17.4. The van der Waals surface area contributed by atoms with Gasteiger partial charge in [-0.05, 0) is 23.3 Å². The van der Waals surface area contributed by atoms with Gasteiger partial charge < -0.3 is 5.11 Å². The molecule has 0 saturated carbocycles. The van der Waals surface area contributed by atoms with Crippen LogP contribution in [-0.2, 0) is 4.79 Å². The summed E-state index contributed by atoms with van der Waals surface area (Å²) in [5.74, 6) is -0.882. The SMILES string of the molecule is N#Cc1ccc2c(c1)C(CC(=O)O)N=C2. The van der Waals surface area contributed by atoms with Gasteiger partial charge in [-0.1, -0.05) is 6.07 Å². The molecule has 0 aromatic heterocycles. The number of carboxylic acid groups (broad SMARTS) is 1. The highest BCUT2D eigenvalue weighted by Crippen LogP contribution is 2.29. The van der Waals surface area contributed by atoms with Gasteiger partial charge in [-0.3, -0.25) is 9.79 Å². The van der Waals surface area contributed by atoms with Crippen molar-refractivity contribution in [1.29, 1.82) is 5.26 Å². The van der Waals surface area contributed by atoms with Crippen molar-refractivity contribution in [1.82, 2.24) is 0 Å². The van der Waals surface area contributed by atoms with E-state index in [-0.39, 0.29) is 12.5 Å². The fraction of sp³-hybridized carbons (Fsp3) is 0.182. The minimum atomic E-state index is -0.882. The zero-order valence-corrected chi connectivity index (χ0v) is 7.84. The average molecular weight is 200 g/mol. The second-order valence-corrected chi connectivity index (χ2v) is 3.35. The molecule has 0 bridgehead atoms. The minimum absolute atomic E-state index is 0.0294. The van der Waals surface area contributed by atoms with E-state index in [0.717, 1.165) is 11.1 Å². The van der Waals surface area contributed by atoms with E-state index in [1.54, 1.807) is 24.4 Å². The molecular formula is C11H8N2O2. The van der Waals surface area contributed by atoms with Crippen LogP contribution in [-0.4, -0.2) is 17.3 Å². The molecule has 0 fully saturated rings. The monoisotopic (exact) mass is 200 g/mol. The Morgan fingerprint density at radius 1 is 1.60 bits per heavy atom. The molecule has 1 aliphatic heterocycles. The fourth-order valence-corrected chi connectivity index (χ4v) is 1.63. The topological polar surface area (TPSA) is 73.5 Å². The third-order valence-corrected chi connectivity index (χ3v) is 2.34. The van der Waals surface area contributed by atoms with Crippen molar-refractivity contribution in [2.75, 3.05) is 0 Å². The predicted molar refractivity (Wildman–Crippen MR) is 53.7 cm³/mol. The van der Waals surface area contributed by atoms with E-state index in [0.29, 0.717) is 5.56 Å². The van der Waals surface area contributed by atoms with Crippen molar-refractivity contribution in [3.05, 3.63) is 34.9 Å². The number of nitriles is 1. The first-order chi connectivity index (χ1) is 7.20. The summed E-state index contributed by atoms with van der Waals surface area (Å²) in [5.41, 5.74) is 2.27. The molecule has 4 heteroatoms. The van der Waals surface area contributed by atoms with E-state index in [4.69, 9.17) is 10.4 Å². The molecule has 1 atom stereocenters. The molecule has 0 radical (unpaired) electrons. The molecule has 4 nitrogen and oxygen atoms in total. The lowest BCUT2D eigenvalue weighted by atomic mass is 10.00. The third kappa shape index (κ3) is 1.72. The number of fused-ring (bicyclic) bond motifs is 1. The standard InChI is InChI=1S/C11H8N2O2/c12-5-7-1-2-8-6-13-10(4-11(14)15)9(8)3-7/h1-3,6,10H,4H2,(H,14,15). The maximum atomic E-state index is 10.6. The van der Waals surface area contributed by atoms with Gasteiger partial charge in [0, 0.05) is 6.21 Å². The number of nitrogens with zero attached hydrogens (tertiary/aromatic N) is 2. The third-order valence-electron chi connectivity index (χ3n) is 2.34. The van der Waals surface area contributed by atoms with E-state index < -0.39 is 5.97 Å². The van der Waals surface area contributed by atoms with Crippen molar-refractivity contribution in [2.24, 2.45) is 4.99 Å². The summed E-state index contributed by atoms with van der Waals surface area (Å²) in [4.78, 5) is 14.7. The largest absolute Gasteiger partial charge is 0.481 e. The van der Waals surface area contributed by atoms with E-state index in [2.05, 4.69) is 4.99 Å². The van der Waals surface area contributed by atoms with Gasteiger partial charge in [0.15, 0.2) is 0 Å². The second-order valence-electron chi connectivity index (χ2n) is 3.35. The van der Waals surface area contributed by atoms with Crippen molar-refractivity contribution in [3.63, 3.8) is 0 Å². The molecule has 0 saturated heterocycles. The van der Waals surface area contributed by atoms with Crippen molar-refractivity contribution >= 4 is 12.2 Å². The molecule has 15 heavy (non-hydrogen) atoms. The summed E-state index contributed by atoms with van der Waals surface area (Å²) in [7, 11) is 0. The number of aliphatic carboxylic acids is 1. The molecule has 74 valence electrons. The fourth-order valence-electron chi connectivity index (χ4n) is 1.63. The van der Waals surface area contributed by atoms with Crippen LogP contribution in [0.1, 0.15) is 29.2 Å². The maximum Gasteiger partial charge on any atom is 0.305 e. The van der Waals surface area contributed by atoms with Crippen LogP contribution in [0.15, 0.2) is 23.2 Å². The number of aliphatic imine (C=N–C) groups is 1. The van der Waals surface area contributed by atoms with Crippen LogP contribution in [0, 0.1) is 11.3 Å². The lowest BCUT2D eigenvalue weighted by Gasteiger charge is -2.06. The Bertz CT molecular complexity index is 486. The van der Waals surface area contributed by atoms with E-state index in [1.807, 2.05) is 6.07 Å². The molecule has 1 aromatic rings. The molecule has 1 N–H and O–H groups in total. The van der Waals surface area contributed by atoms with Crippen LogP contribution < -0.4 is 0 Å². The highest BCUT2D eigenvalue weighted by molar-refractivity contribution is 5.86. The maximum absolute atomic E-state index is 10.6. The van der Waals surface area contributed by atoms with Gasteiger partial charge in [0.1, 0.15) is 0 Å². The van der Waals surface area contributed by atoms with Gasteiger partial charge in [0.2, 0.25) is 0 Å². The molecule has 0 amide bonds. The molecule has 1 heterocycles. The smallest absolute Gasteiger partial charge is 0.305 e. The summed E-state index contributed by atoms with van der Waals surface area (Å²) < 4.78 is 0. The van der Waals surface area contributed by atoms with Crippen LogP contribution in [0.5, 0.6) is 0 Å². The quantitative estimate of drug-likeness (QED) is 0.786.